The van der Waals surface area contributed by atoms with Gasteiger partial charge in [-0.3, -0.25) is 4.79 Å². The van der Waals surface area contributed by atoms with Gasteiger partial charge in [0.1, 0.15) is 11.5 Å². The van der Waals surface area contributed by atoms with Crippen LogP contribution in [-0.2, 0) is 7.05 Å². The van der Waals surface area contributed by atoms with Gasteiger partial charge in [-0.15, -0.1) is 10.2 Å². The summed E-state index contributed by atoms with van der Waals surface area (Å²) in [5, 5.41) is 8.85. The van der Waals surface area contributed by atoms with Crippen LogP contribution in [0.5, 0.6) is 11.5 Å². The zero-order chi connectivity index (χ0) is 21.0. The van der Waals surface area contributed by atoms with Crippen LogP contribution in [0.2, 0.25) is 0 Å². The van der Waals surface area contributed by atoms with Gasteiger partial charge in [0.15, 0.2) is 16.8 Å². The van der Waals surface area contributed by atoms with Crippen LogP contribution in [0.1, 0.15) is 15.9 Å². The van der Waals surface area contributed by atoms with Crippen molar-refractivity contribution in [2.45, 2.75) is 18.7 Å². The maximum atomic E-state index is 12.6. The van der Waals surface area contributed by atoms with E-state index in [4.69, 9.17) is 4.74 Å². The number of rotatable bonds is 8. The van der Waals surface area contributed by atoms with Crippen molar-refractivity contribution < 1.29 is 23.0 Å². The van der Waals surface area contributed by atoms with E-state index in [9.17, 15) is 13.6 Å². The Morgan fingerprint density at radius 3 is 2.72 bits per heavy atom. The maximum Gasteiger partial charge on any atom is 0.387 e. The molecule has 0 saturated carbocycles. The Morgan fingerprint density at radius 2 is 2.00 bits per heavy atom. The summed E-state index contributed by atoms with van der Waals surface area (Å²) in [6, 6.07) is 11.9. The van der Waals surface area contributed by atoms with Gasteiger partial charge >= 0.3 is 6.61 Å². The predicted octanol–water partition coefficient (Wildman–Crippen LogP) is 4.38. The number of carbonyl (C=O) groups excluding carboxylic acids is 1. The van der Waals surface area contributed by atoms with Crippen LogP contribution < -0.4 is 9.47 Å². The van der Waals surface area contributed by atoms with Crippen LogP contribution in [0.4, 0.5) is 8.78 Å². The molecule has 9 heteroatoms. The molecule has 0 unspecified atom stereocenters. The fourth-order valence-electron chi connectivity index (χ4n) is 2.72. The predicted molar refractivity (Wildman–Crippen MR) is 106 cm³/mol. The monoisotopic (exact) mass is 419 g/mol. The number of ketones is 1. The SMILES string of the molecule is COc1cccc(-c2nnc(SCC(=O)c3cc(C)ccc3OC(F)F)n2C)c1. The molecule has 0 fully saturated rings. The summed E-state index contributed by atoms with van der Waals surface area (Å²) in [4.78, 5) is 12.6. The van der Waals surface area contributed by atoms with Crippen molar-refractivity contribution in [3.8, 4) is 22.9 Å². The van der Waals surface area contributed by atoms with E-state index in [1.54, 1.807) is 37.8 Å². The Bertz CT molecular complexity index is 1020. The molecule has 2 aromatic carbocycles. The van der Waals surface area contributed by atoms with E-state index in [1.807, 2.05) is 24.3 Å². The Hall–Kier alpha value is -2.94. The van der Waals surface area contributed by atoms with Crippen LogP contribution in [0.3, 0.4) is 0 Å². The molecule has 0 amide bonds. The fraction of sp³-hybridized carbons (Fsp3) is 0.250. The van der Waals surface area contributed by atoms with Gasteiger partial charge in [0.05, 0.1) is 18.4 Å². The number of halogens is 2. The number of methoxy groups -OCH3 is 1. The topological polar surface area (TPSA) is 66.2 Å². The second-order valence-electron chi connectivity index (χ2n) is 6.19. The minimum Gasteiger partial charge on any atom is -0.497 e. The summed E-state index contributed by atoms with van der Waals surface area (Å²) in [5.41, 5.74) is 1.72. The zero-order valence-corrected chi connectivity index (χ0v) is 16.9. The molecule has 0 spiro atoms. The first-order valence-corrected chi connectivity index (χ1v) is 9.63. The number of aromatic nitrogens is 3. The van der Waals surface area contributed by atoms with E-state index in [1.165, 1.54) is 17.8 Å². The highest BCUT2D eigenvalue weighted by molar-refractivity contribution is 7.99. The number of nitrogens with zero attached hydrogens (tertiary/aromatic N) is 3. The average Bonchev–Trinajstić information content (AvgIpc) is 3.07. The number of carbonyl (C=O) groups is 1. The van der Waals surface area contributed by atoms with Crippen LogP contribution in [0.25, 0.3) is 11.4 Å². The fourth-order valence-corrected chi connectivity index (χ4v) is 3.52. The molecule has 0 aliphatic rings. The van der Waals surface area contributed by atoms with Gasteiger partial charge < -0.3 is 14.0 Å². The Kier molecular flexibility index (Phi) is 6.48. The van der Waals surface area contributed by atoms with Crippen LogP contribution in [0, 0.1) is 6.92 Å². The summed E-state index contributed by atoms with van der Waals surface area (Å²) < 4.78 is 36.7. The Labute approximate surface area is 170 Å². The highest BCUT2D eigenvalue weighted by Gasteiger charge is 2.18. The standard InChI is InChI=1S/C20H19F2N3O3S/c1-12-7-8-17(28-19(21)22)15(9-12)16(26)11-29-20-24-23-18(25(20)2)13-5-4-6-14(10-13)27-3/h4-10,19H,11H2,1-3H3. The quantitative estimate of drug-likeness (QED) is 0.399. The number of aryl methyl sites for hydroxylation is 1. The largest absolute Gasteiger partial charge is 0.497 e. The molecule has 152 valence electrons. The molecule has 0 aliphatic carbocycles. The highest BCUT2D eigenvalue weighted by Crippen LogP contribution is 2.28. The first-order valence-electron chi connectivity index (χ1n) is 8.64. The third-order valence-electron chi connectivity index (χ3n) is 4.15. The lowest BCUT2D eigenvalue weighted by atomic mass is 10.1. The van der Waals surface area contributed by atoms with Crippen LogP contribution in [0.15, 0.2) is 47.6 Å². The molecule has 0 atom stereocenters. The third-order valence-corrected chi connectivity index (χ3v) is 5.17. The molecule has 0 saturated heterocycles. The van der Waals surface area contributed by atoms with E-state index in [-0.39, 0.29) is 22.8 Å². The van der Waals surface area contributed by atoms with E-state index in [0.717, 1.165) is 11.1 Å². The molecule has 6 nitrogen and oxygen atoms in total. The highest BCUT2D eigenvalue weighted by atomic mass is 32.2. The minimum atomic E-state index is -3.00. The first kappa shape index (κ1) is 20.8. The molecule has 0 aliphatic heterocycles. The number of Topliss-reactive ketones (excluding diaryl/α,β-unsaturated/α-hetero) is 1. The van der Waals surface area contributed by atoms with Crippen molar-refractivity contribution in [1.29, 1.82) is 0 Å². The molecule has 1 aromatic heterocycles. The minimum absolute atomic E-state index is 0.00708. The molecule has 0 radical (unpaired) electrons. The molecule has 0 N–H and O–H groups in total. The van der Waals surface area contributed by atoms with Crippen molar-refractivity contribution in [3.63, 3.8) is 0 Å². The lowest BCUT2D eigenvalue weighted by Gasteiger charge is -2.10. The number of ether oxygens (including phenoxy) is 2. The number of alkyl halides is 2. The van der Waals surface area contributed by atoms with E-state index in [0.29, 0.717) is 16.7 Å². The zero-order valence-electron chi connectivity index (χ0n) is 16.1. The molecule has 29 heavy (non-hydrogen) atoms. The summed E-state index contributed by atoms with van der Waals surface area (Å²) in [6.07, 6.45) is 0. The normalized spacial score (nSPS) is 11.0. The molecular formula is C20H19F2N3O3S. The lowest BCUT2D eigenvalue weighted by molar-refractivity contribution is -0.0501. The smallest absolute Gasteiger partial charge is 0.387 e. The van der Waals surface area contributed by atoms with Gasteiger partial charge in [-0.25, -0.2) is 0 Å². The summed E-state index contributed by atoms with van der Waals surface area (Å²) in [7, 11) is 3.37. The average molecular weight is 419 g/mol. The van der Waals surface area contributed by atoms with Crippen molar-refractivity contribution in [2.24, 2.45) is 7.05 Å². The van der Waals surface area contributed by atoms with E-state index in [2.05, 4.69) is 14.9 Å². The van der Waals surface area contributed by atoms with Gasteiger partial charge in [-0.2, -0.15) is 8.78 Å². The summed E-state index contributed by atoms with van der Waals surface area (Å²) in [6.45, 7) is -1.22. The van der Waals surface area contributed by atoms with Crippen LogP contribution in [-0.4, -0.2) is 40.0 Å². The molecule has 0 bridgehead atoms. The van der Waals surface area contributed by atoms with E-state index < -0.39 is 6.61 Å². The van der Waals surface area contributed by atoms with Crippen molar-refractivity contribution in [1.82, 2.24) is 14.8 Å². The van der Waals surface area contributed by atoms with Gasteiger partial charge in [0, 0.05) is 12.6 Å². The molecule has 3 aromatic rings. The number of hydrogen-bond donors (Lipinski definition) is 0. The summed E-state index contributed by atoms with van der Waals surface area (Å²) >= 11 is 1.17. The number of hydrogen-bond acceptors (Lipinski definition) is 6. The Balaban J connectivity index is 1.76. The number of thioether (sulfide) groups is 1. The lowest BCUT2D eigenvalue weighted by Crippen LogP contribution is -2.10. The number of benzene rings is 2. The first-order chi connectivity index (χ1) is 13.9. The van der Waals surface area contributed by atoms with Crippen molar-refractivity contribution in [2.75, 3.05) is 12.9 Å². The van der Waals surface area contributed by atoms with Crippen molar-refractivity contribution >= 4 is 17.5 Å². The van der Waals surface area contributed by atoms with Gasteiger partial charge in [0.2, 0.25) is 0 Å². The molecule has 1 heterocycles. The second kappa shape index (κ2) is 9.04. The third kappa shape index (κ3) is 4.92. The van der Waals surface area contributed by atoms with Gasteiger partial charge in [-0.05, 0) is 31.2 Å². The molecular weight excluding hydrogens is 400 g/mol. The van der Waals surface area contributed by atoms with Gasteiger partial charge in [-0.1, -0.05) is 35.5 Å². The summed E-state index contributed by atoms with van der Waals surface area (Å²) in [5.74, 6) is 0.858. The molecule has 3 rings (SSSR count). The second-order valence-corrected chi connectivity index (χ2v) is 7.13. The van der Waals surface area contributed by atoms with E-state index >= 15 is 0 Å². The maximum absolute atomic E-state index is 12.6. The Morgan fingerprint density at radius 1 is 1.21 bits per heavy atom. The van der Waals surface area contributed by atoms with Gasteiger partial charge in [0.25, 0.3) is 0 Å². The van der Waals surface area contributed by atoms with Crippen LogP contribution >= 0.6 is 11.8 Å². The van der Waals surface area contributed by atoms with Crippen molar-refractivity contribution in [3.05, 3.63) is 53.6 Å².